The van der Waals surface area contributed by atoms with E-state index in [0.717, 1.165) is 21.6 Å². The minimum atomic E-state index is 0.671. The average molecular weight is 258 g/mol. The first-order valence-electron chi connectivity index (χ1n) is 6.18. The van der Waals surface area contributed by atoms with Crippen molar-refractivity contribution in [2.75, 3.05) is 5.75 Å². The molecule has 0 N–H and O–H groups in total. The molecule has 0 aliphatic heterocycles. The molecule has 94 valence electrons. The fourth-order valence-electron chi connectivity index (χ4n) is 1.66. The fraction of sp³-hybridized carbons (Fsp3) is 0.333. The molecule has 1 heterocycles. The van der Waals surface area contributed by atoms with Crippen molar-refractivity contribution in [3.63, 3.8) is 0 Å². The summed E-state index contributed by atoms with van der Waals surface area (Å²) < 4.78 is 0. The molecule has 0 unspecified atom stereocenters. The van der Waals surface area contributed by atoms with Crippen LogP contribution >= 0.6 is 11.8 Å². The van der Waals surface area contributed by atoms with Crippen LogP contribution in [-0.2, 0) is 0 Å². The second-order valence-electron chi connectivity index (χ2n) is 3.57. The predicted molar refractivity (Wildman–Crippen MR) is 78.9 cm³/mol. The van der Waals surface area contributed by atoms with E-state index in [1.807, 2.05) is 26.0 Å². The van der Waals surface area contributed by atoms with Crippen LogP contribution in [0.1, 0.15) is 31.9 Å². The third-order valence-electron chi connectivity index (χ3n) is 2.38. The van der Waals surface area contributed by atoms with Crippen molar-refractivity contribution >= 4 is 22.7 Å². The smallest absolute Gasteiger partial charge is 0.102 e. The van der Waals surface area contributed by atoms with E-state index in [4.69, 9.17) is 5.26 Å². The van der Waals surface area contributed by atoms with Gasteiger partial charge in [-0.1, -0.05) is 32.4 Å². The molecule has 0 atom stereocenters. The molecule has 1 aromatic carbocycles. The van der Waals surface area contributed by atoms with Crippen molar-refractivity contribution in [3.05, 3.63) is 35.5 Å². The molecular weight excluding hydrogens is 240 g/mol. The number of hydrogen-bond donors (Lipinski definition) is 0. The lowest BCUT2D eigenvalue weighted by Gasteiger charge is -2.07. The molecule has 18 heavy (non-hydrogen) atoms. The Labute approximate surface area is 113 Å². The number of hydrogen-bond acceptors (Lipinski definition) is 3. The van der Waals surface area contributed by atoms with Crippen molar-refractivity contribution in [3.8, 4) is 6.07 Å². The van der Waals surface area contributed by atoms with Crippen LogP contribution in [0.15, 0.2) is 29.3 Å². The Morgan fingerprint density at radius 3 is 2.67 bits per heavy atom. The van der Waals surface area contributed by atoms with Crippen molar-refractivity contribution in [2.45, 2.75) is 32.6 Å². The van der Waals surface area contributed by atoms with Crippen LogP contribution in [-0.4, -0.2) is 10.7 Å². The Morgan fingerprint density at radius 2 is 2.06 bits per heavy atom. The number of pyridine rings is 1. The van der Waals surface area contributed by atoms with Crippen LogP contribution in [0.25, 0.3) is 10.9 Å². The van der Waals surface area contributed by atoms with E-state index in [2.05, 4.69) is 31.0 Å². The Hall–Kier alpha value is -1.53. The van der Waals surface area contributed by atoms with Gasteiger partial charge < -0.3 is 0 Å². The molecule has 0 bridgehead atoms. The molecule has 0 aliphatic carbocycles. The number of aromatic nitrogens is 1. The lowest BCUT2D eigenvalue weighted by Crippen LogP contribution is -1.89. The molecule has 1 aromatic heterocycles. The quantitative estimate of drug-likeness (QED) is 0.741. The Balaban J connectivity index is 0.000000771. The van der Waals surface area contributed by atoms with Gasteiger partial charge in [-0.25, -0.2) is 0 Å². The average Bonchev–Trinajstić information content (AvgIpc) is 2.42. The zero-order chi connectivity index (χ0) is 13.5. The van der Waals surface area contributed by atoms with Crippen LogP contribution < -0.4 is 0 Å². The van der Waals surface area contributed by atoms with Gasteiger partial charge in [0.1, 0.15) is 6.07 Å². The highest BCUT2D eigenvalue weighted by molar-refractivity contribution is 7.99. The lowest BCUT2D eigenvalue weighted by molar-refractivity contribution is 1.29. The Morgan fingerprint density at radius 1 is 1.33 bits per heavy atom. The first-order chi connectivity index (χ1) is 8.76. The van der Waals surface area contributed by atoms with E-state index >= 15 is 0 Å². The normalized spacial score (nSPS) is 9.50. The van der Waals surface area contributed by atoms with E-state index in [1.54, 1.807) is 18.0 Å². The maximum atomic E-state index is 9.07. The van der Waals surface area contributed by atoms with Gasteiger partial charge >= 0.3 is 0 Å². The molecule has 0 radical (unpaired) electrons. The maximum absolute atomic E-state index is 9.07. The van der Waals surface area contributed by atoms with E-state index in [1.165, 1.54) is 5.56 Å². The maximum Gasteiger partial charge on any atom is 0.102 e. The summed E-state index contributed by atoms with van der Waals surface area (Å²) in [6.45, 7) is 8.15. The van der Waals surface area contributed by atoms with Crippen LogP contribution in [0.3, 0.4) is 0 Å². The topological polar surface area (TPSA) is 36.7 Å². The molecular formula is C15H18N2S. The first-order valence-corrected chi connectivity index (χ1v) is 7.17. The second-order valence-corrected chi connectivity index (χ2v) is 4.84. The molecule has 2 nitrogen and oxygen atoms in total. The van der Waals surface area contributed by atoms with Gasteiger partial charge in [0, 0.05) is 16.5 Å². The largest absolute Gasteiger partial charge is 0.255 e. The number of rotatable bonds is 2. The first kappa shape index (κ1) is 14.5. The summed E-state index contributed by atoms with van der Waals surface area (Å²) in [7, 11) is 0. The molecule has 0 aliphatic rings. The van der Waals surface area contributed by atoms with Gasteiger partial charge in [-0.2, -0.15) is 5.26 Å². The number of thioether (sulfide) groups is 1. The monoisotopic (exact) mass is 258 g/mol. The number of aryl methyl sites for hydroxylation is 1. The summed E-state index contributed by atoms with van der Waals surface area (Å²) in [5.74, 6) is 0.960. The van der Waals surface area contributed by atoms with Crippen LogP contribution in [0, 0.1) is 18.3 Å². The third kappa shape index (κ3) is 3.02. The minimum absolute atomic E-state index is 0.671. The van der Waals surface area contributed by atoms with E-state index < -0.39 is 0 Å². The highest BCUT2D eigenvalue weighted by atomic mass is 32.2. The summed E-state index contributed by atoms with van der Waals surface area (Å²) >= 11 is 1.70. The molecule has 2 aromatic rings. The second kappa shape index (κ2) is 7.03. The molecule has 0 saturated heterocycles. The lowest BCUT2D eigenvalue weighted by atomic mass is 10.1. The molecule has 0 amide bonds. The van der Waals surface area contributed by atoms with Crippen molar-refractivity contribution in [1.82, 2.24) is 4.98 Å². The van der Waals surface area contributed by atoms with Crippen molar-refractivity contribution < 1.29 is 0 Å². The van der Waals surface area contributed by atoms with Gasteiger partial charge in [0.05, 0.1) is 11.1 Å². The van der Waals surface area contributed by atoms with Gasteiger partial charge in [0.25, 0.3) is 0 Å². The summed E-state index contributed by atoms with van der Waals surface area (Å²) in [6, 6.07) is 8.36. The van der Waals surface area contributed by atoms with Crippen molar-refractivity contribution in [2.24, 2.45) is 0 Å². The van der Waals surface area contributed by atoms with E-state index in [0.29, 0.717) is 5.56 Å². The molecule has 2 rings (SSSR count). The Kier molecular flexibility index (Phi) is 5.67. The van der Waals surface area contributed by atoms with Gasteiger partial charge in [-0.05, 0) is 24.8 Å². The summed E-state index contributed by atoms with van der Waals surface area (Å²) in [5.41, 5.74) is 2.83. The molecule has 0 fully saturated rings. The zero-order valence-electron chi connectivity index (χ0n) is 11.3. The number of nitriles is 1. The highest BCUT2D eigenvalue weighted by Crippen LogP contribution is 2.30. The number of nitrogens with zero attached hydrogens (tertiary/aromatic N) is 2. The summed E-state index contributed by atoms with van der Waals surface area (Å²) in [6.07, 6.45) is 1.66. The SMILES string of the molecule is CC.CCSc1c(C#N)cnc2ccc(C)cc12. The zero-order valence-corrected chi connectivity index (χ0v) is 12.1. The predicted octanol–water partition coefficient (Wildman–Crippen LogP) is 4.55. The van der Waals surface area contributed by atoms with Crippen LogP contribution in [0.2, 0.25) is 0 Å². The third-order valence-corrected chi connectivity index (χ3v) is 3.40. The van der Waals surface area contributed by atoms with E-state index in [9.17, 15) is 0 Å². The number of benzene rings is 1. The highest BCUT2D eigenvalue weighted by Gasteiger charge is 2.08. The fourth-order valence-corrected chi connectivity index (χ4v) is 2.52. The number of fused-ring (bicyclic) bond motifs is 1. The molecule has 0 saturated carbocycles. The van der Waals surface area contributed by atoms with Gasteiger partial charge in [0.15, 0.2) is 0 Å². The van der Waals surface area contributed by atoms with Gasteiger partial charge in [0.2, 0.25) is 0 Å². The van der Waals surface area contributed by atoms with E-state index in [-0.39, 0.29) is 0 Å². The van der Waals surface area contributed by atoms with Gasteiger partial charge in [-0.15, -0.1) is 11.8 Å². The van der Waals surface area contributed by atoms with Crippen LogP contribution in [0.4, 0.5) is 0 Å². The van der Waals surface area contributed by atoms with Crippen molar-refractivity contribution in [1.29, 1.82) is 5.26 Å². The molecule has 0 spiro atoms. The summed E-state index contributed by atoms with van der Waals surface area (Å²) in [4.78, 5) is 5.35. The van der Waals surface area contributed by atoms with Crippen LogP contribution in [0.5, 0.6) is 0 Å². The molecule has 3 heteroatoms. The Bertz CT molecular complexity index is 570. The standard InChI is InChI=1S/C13H12N2S.C2H6/c1-3-16-13-10(7-14)8-15-12-5-4-9(2)6-11(12)13;1-2/h4-6,8H,3H2,1-2H3;1-2H3. The summed E-state index contributed by atoms with van der Waals surface area (Å²) in [5, 5.41) is 10.2. The minimum Gasteiger partial charge on any atom is -0.255 e. The van der Waals surface area contributed by atoms with Gasteiger partial charge in [-0.3, -0.25) is 4.98 Å².